The summed E-state index contributed by atoms with van der Waals surface area (Å²) in [5.41, 5.74) is 0.902. The Morgan fingerprint density at radius 3 is 2.63 bits per heavy atom. The highest BCUT2D eigenvalue weighted by atomic mass is 35.5. The van der Waals surface area contributed by atoms with Gasteiger partial charge in [0.1, 0.15) is 0 Å². The Morgan fingerprint density at radius 1 is 1.42 bits per heavy atom. The van der Waals surface area contributed by atoms with Gasteiger partial charge < -0.3 is 15.1 Å². The van der Waals surface area contributed by atoms with E-state index in [2.05, 4.69) is 0 Å². The molecule has 0 aliphatic carbocycles. The lowest BCUT2D eigenvalue weighted by molar-refractivity contribution is -0.131. The molecule has 0 saturated heterocycles. The lowest BCUT2D eigenvalue weighted by Gasteiger charge is -2.15. The minimum absolute atomic E-state index is 0.116. The first-order valence-electron chi connectivity index (χ1n) is 5.52. The Balaban J connectivity index is 2.93. The van der Waals surface area contributed by atoms with Crippen molar-refractivity contribution in [2.75, 3.05) is 20.2 Å². The lowest BCUT2D eigenvalue weighted by atomic mass is 10.1. The van der Waals surface area contributed by atoms with Gasteiger partial charge in [-0.25, -0.2) is 4.79 Å². The molecule has 1 amide bonds. The zero-order valence-corrected chi connectivity index (χ0v) is 11.1. The van der Waals surface area contributed by atoms with E-state index in [4.69, 9.17) is 21.8 Å². The Hall–Kier alpha value is -1.85. The van der Waals surface area contributed by atoms with Crippen molar-refractivity contribution in [2.45, 2.75) is 0 Å². The highest BCUT2D eigenvalue weighted by Gasteiger charge is 2.12. The monoisotopic (exact) mass is 283 g/mol. The van der Waals surface area contributed by atoms with Gasteiger partial charge in [-0.15, -0.1) is 0 Å². The summed E-state index contributed by atoms with van der Waals surface area (Å²) in [6.45, 7) is 0.118. The molecule has 1 rings (SSSR count). The number of carboxylic acid groups (broad SMARTS) is 1. The first kappa shape index (κ1) is 15.2. The van der Waals surface area contributed by atoms with Gasteiger partial charge in [0.25, 0.3) is 5.91 Å². The van der Waals surface area contributed by atoms with E-state index in [1.165, 1.54) is 17.0 Å². The van der Waals surface area contributed by atoms with Gasteiger partial charge in [0.2, 0.25) is 0 Å². The molecule has 0 heterocycles. The predicted octanol–water partition coefficient (Wildman–Crippen LogP) is 1.50. The van der Waals surface area contributed by atoms with Crippen LogP contribution in [0.4, 0.5) is 0 Å². The first-order chi connectivity index (χ1) is 8.95. The Kier molecular flexibility index (Phi) is 5.54. The number of hydrogen-bond donors (Lipinski definition) is 2. The zero-order valence-electron chi connectivity index (χ0n) is 10.3. The average molecular weight is 284 g/mol. The van der Waals surface area contributed by atoms with Crippen molar-refractivity contribution in [3.05, 3.63) is 40.4 Å². The van der Waals surface area contributed by atoms with Crippen molar-refractivity contribution in [3.63, 3.8) is 0 Å². The number of benzene rings is 1. The third-order valence-corrected chi connectivity index (χ3v) is 2.76. The number of carbonyl (C=O) groups is 2. The molecule has 1 aromatic rings. The molecule has 1 aromatic carbocycles. The minimum atomic E-state index is -1.07. The van der Waals surface area contributed by atoms with Gasteiger partial charge in [-0.2, -0.15) is 0 Å². The molecule has 0 aromatic heterocycles. The second kappa shape index (κ2) is 6.92. The van der Waals surface area contributed by atoms with Crippen molar-refractivity contribution in [2.24, 2.45) is 0 Å². The number of aliphatic carboxylic acids is 1. The van der Waals surface area contributed by atoms with Crippen LogP contribution in [0, 0.1) is 0 Å². The van der Waals surface area contributed by atoms with Crippen molar-refractivity contribution < 1.29 is 19.8 Å². The van der Waals surface area contributed by atoms with E-state index in [-0.39, 0.29) is 19.1 Å². The third-order valence-electron chi connectivity index (χ3n) is 2.43. The van der Waals surface area contributed by atoms with Crippen molar-refractivity contribution in [3.8, 4) is 0 Å². The van der Waals surface area contributed by atoms with Gasteiger partial charge in [-0.05, 0) is 23.8 Å². The molecule has 0 spiro atoms. The number of halogens is 1. The van der Waals surface area contributed by atoms with E-state index >= 15 is 0 Å². The Morgan fingerprint density at radius 2 is 2.11 bits per heavy atom. The van der Waals surface area contributed by atoms with E-state index < -0.39 is 5.97 Å². The molecule has 0 fully saturated rings. The zero-order chi connectivity index (χ0) is 14.4. The molecular weight excluding hydrogens is 270 g/mol. The molecular formula is C13H14ClNO4. The molecule has 0 aliphatic rings. The standard InChI is InChI=1S/C13H14ClNO4/c1-15(6-7-16)13(19)10-3-2-9(11(14)8-10)4-5-12(17)18/h2-5,8,16H,6-7H2,1H3,(H,17,18)/b5-4+. The number of amides is 1. The lowest BCUT2D eigenvalue weighted by Crippen LogP contribution is -2.29. The second-order valence-electron chi connectivity index (χ2n) is 3.86. The smallest absolute Gasteiger partial charge is 0.328 e. The summed E-state index contributed by atoms with van der Waals surface area (Å²) in [5.74, 6) is -1.33. The molecule has 0 radical (unpaired) electrons. The van der Waals surface area contributed by atoms with E-state index in [9.17, 15) is 9.59 Å². The maximum absolute atomic E-state index is 11.9. The SMILES string of the molecule is CN(CCO)C(=O)c1ccc(/C=C/C(=O)O)c(Cl)c1. The van der Waals surface area contributed by atoms with Crippen LogP contribution in [-0.4, -0.2) is 47.2 Å². The third kappa shape index (κ3) is 4.39. The Labute approximate surface area is 115 Å². The van der Waals surface area contributed by atoms with Crippen molar-refractivity contribution >= 4 is 29.6 Å². The normalized spacial score (nSPS) is 10.7. The number of likely N-dealkylation sites (N-methyl/N-ethyl adjacent to an activating group) is 1. The fourth-order valence-electron chi connectivity index (χ4n) is 1.43. The maximum Gasteiger partial charge on any atom is 0.328 e. The summed E-state index contributed by atoms with van der Waals surface area (Å²) in [5, 5.41) is 17.6. The largest absolute Gasteiger partial charge is 0.478 e. The summed E-state index contributed by atoms with van der Waals surface area (Å²) in [6, 6.07) is 4.60. The molecule has 0 atom stereocenters. The van der Waals surface area contributed by atoms with Crippen LogP contribution < -0.4 is 0 Å². The summed E-state index contributed by atoms with van der Waals surface area (Å²) in [4.78, 5) is 23.7. The van der Waals surface area contributed by atoms with Gasteiger partial charge in [0.15, 0.2) is 0 Å². The summed E-state index contributed by atoms with van der Waals surface area (Å²) >= 11 is 5.97. The number of rotatable bonds is 5. The van der Waals surface area contributed by atoms with Crippen LogP contribution in [0.5, 0.6) is 0 Å². The molecule has 6 heteroatoms. The summed E-state index contributed by atoms with van der Waals surface area (Å²) < 4.78 is 0. The topological polar surface area (TPSA) is 77.8 Å². The molecule has 0 aliphatic heterocycles. The van der Waals surface area contributed by atoms with Crippen molar-refractivity contribution in [1.29, 1.82) is 0 Å². The number of aliphatic hydroxyl groups is 1. The molecule has 0 saturated carbocycles. The number of carboxylic acids is 1. The van der Waals surface area contributed by atoms with Gasteiger partial charge >= 0.3 is 5.97 Å². The summed E-state index contributed by atoms with van der Waals surface area (Å²) in [6.07, 6.45) is 2.33. The van der Waals surface area contributed by atoms with E-state index in [1.54, 1.807) is 19.2 Å². The number of carbonyl (C=O) groups excluding carboxylic acids is 1. The van der Waals surface area contributed by atoms with Gasteiger partial charge in [0, 0.05) is 30.3 Å². The molecule has 2 N–H and O–H groups in total. The van der Waals surface area contributed by atoms with E-state index in [0.717, 1.165) is 6.08 Å². The van der Waals surface area contributed by atoms with Gasteiger partial charge in [0.05, 0.1) is 6.61 Å². The van der Waals surface area contributed by atoms with Crippen LogP contribution in [0.25, 0.3) is 6.08 Å². The quantitative estimate of drug-likeness (QED) is 0.803. The van der Waals surface area contributed by atoms with Gasteiger partial charge in [-0.3, -0.25) is 4.79 Å². The fourth-order valence-corrected chi connectivity index (χ4v) is 1.67. The first-order valence-corrected chi connectivity index (χ1v) is 5.90. The average Bonchev–Trinajstić information content (AvgIpc) is 2.36. The molecule has 0 unspecified atom stereocenters. The van der Waals surface area contributed by atoms with E-state index in [1.807, 2.05) is 0 Å². The minimum Gasteiger partial charge on any atom is -0.478 e. The molecule has 19 heavy (non-hydrogen) atoms. The predicted molar refractivity (Wildman–Crippen MR) is 72.2 cm³/mol. The summed E-state index contributed by atoms with van der Waals surface area (Å²) in [7, 11) is 1.57. The van der Waals surface area contributed by atoms with Crippen LogP contribution in [0.3, 0.4) is 0 Å². The second-order valence-corrected chi connectivity index (χ2v) is 4.27. The van der Waals surface area contributed by atoms with Crippen LogP contribution in [-0.2, 0) is 4.79 Å². The highest BCUT2D eigenvalue weighted by molar-refractivity contribution is 6.32. The van der Waals surface area contributed by atoms with Crippen molar-refractivity contribution in [1.82, 2.24) is 4.90 Å². The van der Waals surface area contributed by atoms with Crippen LogP contribution in [0.2, 0.25) is 5.02 Å². The molecule has 0 bridgehead atoms. The van der Waals surface area contributed by atoms with Crippen LogP contribution in [0.1, 0.15) is 15.9 Å². The van der Waals surface area contributed by atoms with Gasteiger partial charge in [-0.1, -0.05) is 17.7 Å². The van der Waals surface area contributed by atoms with Crippen LogP contribution >= 0.6 is 11.6 Å². The fraction of sp³-hybridized carbons (Fsp3) is 0.231. The van der Waals surface area contributed by atoms with Crippen LogP contribution in [0.15, 0.2) is 24.3 Å². The molecule has 102 valence electrons. The number of aliphatic hydroxyl groups excluding tert-OH is 1. The Bertz CT molecular complexity index is 513. The number of hydrogen-bond acceptors (Lipinski definition) is 3. The maximum atomic E-state index is 11.9. The molecule has 5 nitrogen and oxygen atoms in total. The van der Waals surface area contributed by atoms with E-state index in [0.29, 0.717) is 16.1 Å². The number of nitrogens with zero attached hydrogens (tertiary/aromatic N) is 1. The highest BCUT2D eigenvalue weighted by Crippen LogP contribution is 2.20.